The van der Waals surface area contributed by atoms with Crippen LogP contribution in [0.3, 0.4) is 0 Å². The van der Waals surface area contributed by atoms with E-state index in [0.29, 0.717) is 6.54 Å². The van der Waals surface area contributed by atoms with Crippen molar-refractivity contribution in [3.63, 3.8) is 0 Å². The van der Waals surface area contributed by atoms with Gasteiger partial charge in [-0.2, -0.15) is 0 Å². The number of unbranched alkanes of at least 4 members (excludes halogenated alkanes) is 9. The molecule has 2 atom stereocenters. The van der Waals surface area contributed by atoms with E-state index in [1.807, 2.05) is 0 Å². The Balaban J connectivity index is 3.09. The molecule has 0 bridgehead atoms. The van der Waals surface area contributed by atoms with Gasteiger partial charge in [0.15, 0.2) is 0 Å². The van der Waals surface area contributed by atoms with Crippen LogP contribution < -0.4 is 5.32 Å². The molecular formula is C16H35NO2. The number of rotatable bonds is 14. The van der Waals surface area contributed by atoms with Crippen LogP contribution in [0.5, 0.6) is 0 Å². The van der Waals surface area contributed by atoms with Crippen molar-refractivity contribution in [2.75, 3.05) is 6.54 Å². The van der Waals surface area contributed by atoms with E-state index >= 15 is 0 Å². The molecule has 0 fully saturated rings. The topological polar surface area (TPSA) is 52.5 Å². The molecule has 0 saturated heterocycles. The van der Waals surface area contributed by atoms with Crippen molar-refractivity contribution in [3.8, 4) is 0 Å². The lowest BCUT2D eigenvalue weighted by molar-refractivity contribution is 0.108. The minimum Gasteiger partial charge on any atom is -0.392 e. The van der Waals surface area contributed by atoms with E-state index in [1.165, 1.54) is 57.8 Å². The zero-order chi connectivity index (χ0) is 14.3. The molecule has 0 rings (SSSR count). The monoisotopic (exact) mass is 273 g/mol. The molecule has 116 valence electrons. The highest BCUT2D eigenvalue weighted by Gasteiger charge is 2.04. The first-order valence-electron chi connectivity index (χ1n) is 8.26. The Labute approximate surface area is 119 Å². The third kappa shape index (κ3) is 15.8. The first kappa shape index (κ1) is 18.9. The van der Waals surface area contributed by atoms with Gasteiger partial charge in [-0.1, -0.05) is 71.1 Å². The minimum absolute atomic E-state index is 0.316. The van der Waals surface area contributed by atoms with Gasteiger partial charge in [-0.25, -0.2) is 0 Å². The van der Waals surface area contributed by atoms with Gasteiger partial charge in [-0.05, 0) is 13.3 Å². The van der Waals surface area contributed by atoms with Crippen molar-refractivity contribution in [1.82, 2.24) is 5.32 Å². The molecule has 19 heavy (non-hydrogen) atoms. The molecule has 2 unspecified atom stereocenters. The van der Waals surface area contributed by atoms with Crippen LogP contribution in [0.2, 0.25) is 0 Å². The highest BCUT2D eigenvalue weighted by Crippen LogP contribution is 2.11. The predicted molar refractivity (Wildman–Crippen MR) is 82.2 cm³/mol. The zero-order valence-electron chi connectivity index (χ0n) is 13.0. The van der Waals surface area contributed by atoms with Gasteiger partial charge < -0.3 is 10.2 Å². The first-order valence-corrected chi connectivity index (χ1v) is 8.26. The van der Waals surface area contributed by atoms with Crippen LogP contribution in [0.4, 0.5) is 0 Å². The van der Waals surface area contributed by atoms with Crippen molar-refractivity contribution < 1.29 is 10.2 Å². The normalized spacial score (nSPS) is 14.5. The lowest BCUT2D eigenvalue weighted by Crippen LogP contribution is -2.33. The summed E-state index contributed by atoms with van der Waals surface area (Å²) in [4.78, 5) is 0. The summed E-state index contributed by atoms with van der Waals surface area (Å²) in [6, 6.07) is 0. The lowest BCUT2D eigenvalue weighted by Gasteiger charge is -2.13. The molecule has 0 aliphatic rings. The summed E-state index contributed by atoms with van der Waals surface area (Å²) in [6.07, 6.45) is 13.2. The maximum atomic E-state index is 9.65. The molecule has 0 aliphatic carbocycles. The quantitative estimate of drug-likeness (QED) is 0.335. The maximum Gasteiger partial charge on any atom is 0.102 e. The van der Waals surface area contributed by atoms with Crippen LogP contribution in [0.15, 0.2) is 0 Å². The SMILES string of the molecule is CCCCCCCCCCCCC(O)CNC(C)O. The van der Waals surface area contributed by atoms with Gasteiger partial charge in [-0.15, -0.1) is 0 Å². The fourth-order valence-electron chi connectivity index (χ4n) is 2.28. The van der Waals surface area contributed by atoms with Gasteiger partial charge in [0.1, 0.15) is 6.23 Å². The molecule has 3 nitrogen and oxygen atoms in total. The lowest BCUT2D eigenvalue weighted by atomic mass is 10.0. The summed E-state index contributed by atoms with van der Waals surface area (Å²) in [5.74, 6) is 0. The van der Waals surface area contributed by atoms with Crippen molar-refractivity contribution in [3.05, 3.63) is 0 Å². The molecule has 0 heterocycles. The molecule has 0 amide bonds. The molecule has 3 N–H and O–H groups in total. The number of hydrogen-bond donors (Lipinski definition) is 3. The van der Waals surface area contributed by atoms with Gasteiger partial charge in [0.25, 0.3) is 0 Å². The second-order valence-corrected chi connectivity index (χ2v) is 5.71. The molecule has 0 saturated carbocycles. The Hall–Kier alpha value is -0.120. The third-order valence-corrected chi connectivity index (χ3v) is 3.54. The van der Waals surface area contributed by atoms with Crippen LogP contribution in [0, 0.1) is 0 Å². The van der Waals surface area contributed by atoms with E-state index in [4.69, 9.17) is 5.11 Å². The fourth-order valence-corrected chi connectivity index (χ4v) is 2.28. The number of aliphatic hydroxyl groups is 2. The number of aliphatic hydroxyl groups excluding tert-OH is 2. The summed E-state index contributed by atoms with van der Waals surface area (Å²) in [5, 5.41) is 21.5. The summed E-state index contributed by atoms with van der Waals surface area (Å²) >= 11 is 0. The molecule has 0 radical (unpaired) electrons. The van der Waals surface area contributed by atoms with E-state index in [1.54, 1.807) is 6.92 Å². The second kappa shape index (κ2) is 14.3. The maximum absolute atomic E-state index is 9.65. The van der Waals surface area contributed by atoms with Crippen molar-refractivity contribution in [2.45, 2.75) is 96.8 Å². The van der Waals surface area contributed by atoms with Crippen molar-refractivity contribution in [1.29, 1.82) is 0 Å². The molecule has 0 aliphatic heterocycles. The van der Waals surface area contributed by atoms with Gasteiger partial charge in [-0.3, -0.25) is 5.32 Å². The van der Waals surface area contributed by atoms with E-state index in [0.717, 1.165) is 12.8 Å². The van der Waals surface area contributed by atoms with Gasteiger partial charge in [0, 0.05) is 6.54 Å². The Morgan fingerprint density at radius 2 is 1.26 bits per heavy atom. The number of hydrogen-bond acceptors (Lipinski definition) is 3. The smallest absolute Gasteiger partial charge is 0.102 e. The summed E-state index contributed by atoms with van der Waals surface area (Å²) in [7, 11) is 0. The van der Waals surface area contributed by atoms with Gasteiger partial charge in [0.05, 0.1) is 6.10 Å². The standard InChI is InChI=1S/C16H35NO2/c1-3-4-5-6-7-8-9-10-11-12-13-16(19)14-17-15(2)18/h15-19H,3-14H2,1-2H3. The zero-order valence-corrected chi connectivity index (χ0v) is 13.0. The van der Waals surface area contributed by atoms with Crippen molar-refractivity contribution in [2.24, 2.45) is 0 Å². The second-order valence-electron chi connectivity index (χ2n) is 5.71. The largest absolute Gasteiger partial charge is 0.392 e. The molecule has 0 aromatic heterocycles. The van der Waals surface area contributed by atoms with Crippen LogP contribution in [-0.2, 0) is 0 Å². The summed E-state index contributed by atoms with van der Waals surface area (Å²) in [6.45, 7) is 4.42. The Kier molecular flexibility index (Phi) is 14.2. The molecular weight excluding hydrogens is 238 g/mol. The first-order chi connectivity index (χ1) is 9.16. The van der Waals surface area contributed by atoms with Crippen LogP contribution in [0.1, 0.15) is 84.5 Å². The van der Waals surface area contributed by atoms with Crippen molar-refractivity contribution >= 4 is 0 Å². The molecule has 0 spiro atoms. The third-order valence-electron chi connectivity index (χ3n) is 3.54. The Morgan fingerprint density at radius 1 is 0.789 bits per heavy atom. The average Bonchev–Trinajstić information content (AvgIpc) is 2.38. The van der Waals surface area contributed by atoms with Gasteiger partial charge >= 0.3 is 0 Å². The summed E-state index contributed by atoms with van der Waals surface area (Å²) < 4.78 is 0. The van der Waals surface area contributed by atoms with E-state index in [9.17, 15) is 5.11 Å². The minimum atomic E-state index is -0.526. The van der Waals surface area contributed by atoms with E-state index in [2.05, 4.69) is 12.2 Å². The van der Waals surface area contributed by atoms with E-state index < -0.39 is 6.23 Å². The average molecular weight is 273 g/mol. The van der Waals surface area contributed by atoms with Crippen LogP contribution in [0.25, 0.3) is 0 Å². The number of nitrogens with one attached hydrogen (secondary N) is 1. The molecule has 0 aromatic rings. The Morgan fingerprint density at radius 3 is 1.74 bits per heavy atom. The molecule has 0 aromatic carbocycles. The fraction of sp³-hybridized carbons (Fsp3) is 1.00. The van der Waals surface area contributed by atoms with Crippen LogP contribution >= 0.6 is 0 Å². The van der Waals surface area contributed by atoms with E-state index in [-0.39, 0.29) is 6.10 Å². The Bertz CT molecular complexity index is 174. The van der Waals surface area contributed by atoms with Crippen LogP contribution in [-0.4, -0.2) is 29.1 Å². The summed E-state index contributed by atoms with van der Waals surface area (Å²) in [5.41, 5.74) is 0. The highest BCUT2D eigenvalue weighted by atomic mass is 16.3. The molecule has 3 heteroatoms. The highest BCUT2D eigenvalue weighted by molar-refractivity contribution is 4.60. The predicted octanol–water partition coefficient (Wildman–Crippen LogP) is 3.59. The van der Waals surface area contributed by atoms with Gasteiger partial charge in [0.2, 0.25) is 0 Å².